The summed E-state index contributed by atoms with van der Waals surface area (Å²) in [6.45, 7) is 6.50. The molecule has 0 aromatic heterocycles. The van der Waals surface area contributed by atoms with E-state index in [1.54, 1.807) is 18.7 Å². The molecule has 1 aliphatic heterocycles. The van der Waals surface area contributed by atoms with Crippen molar-refractivity contribution in [3.63, 3.8) is 0 Å². The molecule has 1 heterocycles. The third-order valence-electron chi connectivity index (χ3n) is 3.61. The van der Waals surface area contributed by atoms with Crippen molar-refractivity contribution in [3.05, 3.63) is 0 Å². The lowest BCUT2D eigenvalue weighted by Gasteiger charge is -2.29. The Bertz CT molecular complexity index is 328. The molecule has 1 fully saturated rings. The Labute approximate surface area is 103 Å². The second kappa shape index (κ2) is 4.64. The number of rotatable bonds is 4. The van der Waals surface area contributed by atoms with E-state index >= 15 is 0 Å². The van der Waals surface area contributed by atoms with Crippen molar-refractivity contribution in [2.75, 3.05) is 13.1 Å². The van der Waals surface area contributed by atoms with Crippen LogP contribution in [0, 0.1) is 5.41 Å². The molecule has 0 saturated carbocycles. The van der Waals surface area contributed by atoms with Crippen molar-refractivity contribution in [3.8, 4) is 0 Å². The molecule has 5 nitrogen and oxygen atoms in total. The largest absolute Gasteiger partial charge is 0.369 e. The molecule has 0 spiro atoms. The van der Waals surface area contributed by atoms with E-state index in [4.69, 9.17) is 11.5 Å². The number of likely N-dealkylation sites (tertiary alicyclic amines) is 1. The van der Waals surface area contributed by atoms with Crippen LogP contribution in [0.3, 0.4) is 0 Å². The first kappa shape index (κ1) is 14.0. The van der Waals surface area contributed by atoms with Crippen LogP contribution in [0.15, 0.2) is 0 Å². The van der Waals surface area contributed by atoms with Gasteiger partial charge in [-0.05, 0) is 26.7 Å². The third kappa shape index (κ3) is 2.77. The van der Waals surface area contributed by atoms with Crippen molar-refractivity contribution < 1.29 is 9.59 Å². The van der Waals surface area contributed by atoms with E-state index in [1.165, 1.54) is 0 Å². The van der Waals surface area contributed by atoms with Crippen molar-refractivity contribution in [2.24, 2.45) is 16.9 Å². The fourth-order valence-corrected chi connectivity index (χ4v) is 2.32. The van der Waals surface area contributed by atoms with Gasteiger partial charge in [0.1, 0.15) is 0 Å². The number of nitrogens with zero attached hydrogens (tertiary/aromatic N) is 1. The van der Waals surface area contributed by atoms with E-state index in [9.17, 15) is 9.59 Å². The standard InChI is InChI=1S/C12H23N3O2/c1-4-5-12(3,14)10(17)15-7-6-11(2,8-15)9(13)16/h4-8,14H2,1-3H3,(H2,13,16). The maximum absolute atomic E-state index is 12.2. The van der Waals surface area contributed by atoms with Crippen molar-refractivity contribution in [1.29, 1.82) is 0 Å². The minimum absolute atomic E-state index is 0.0793. The highest BCUT2D eigenvalue weighted by molar-refractivity contribution is 5.88. The molecule has 2 atom stereocenters. The molecule has 1 saturated heterocycles. The Morgan fingerprint density at radius 3 is 2.47 bits per heavy atom. The Balaban J connectivity index is 2.72. The molecular formula is C12H23N3O2. The normalized spacial score (nSPS) is 27.9. The van der Waals surface area contributed by atoms with Gasteiger partial charge in [0.25, 0.3) is 0 Å². The van der Waals surface area contributed by atoms with Gasteiger partial charge < -0.3 is 16.4 Å². The molecule has 1 aliphatic rings. The van der Waals surface area contributed by atoms with Crippen LogP contribution in [0.5, 0.6) is 0 Å². The molecule has 0 radical (unpaired) electrons. The highest BCUT2D eigenvalue weighted by atomic mass is 16.2. The molecule has 1 rings (SSSR count). The van der Waals surface area contributed by atoms with E-state index in [0.29, 0.717) is 25.9 Å². The molecule has 4 N–H and O–H groups in total. The summed E-state index contributed by atoms with van der Waals surface area (Å²) in [7, 11) is 0. The molecule has 17 heavy (non-hydrogen) atoms. The first-order chi connectivity index (χ1) is 7.73. The van der Waals surface area contributed by atoms with Crippen LogP contribution in [0.2, 0.25) is 0 Å². The van der Waals surface area contributed by atoms with Crippen molar-refractivity contribution in [1.82, 2.24) is 4.90 Å². The Kier molecular flexibility index (Phi) is 3.81. The van der Waals surface area contributed by atoms with Crippen LogP contribution in [-0.4, -0.2) is 35.3 Å². The van der Waals surface area contributed by atoms with Gasteiger partial charge in [-0.3, -0.25) is 9.59 Å². The molecule has 5 heteroatoms. The van der Waals surface area contributed by atoms with Crippen LogP contribution in [0.1, 0.15) is 40.0 Å². The van der Waals surface area contributed by atoms with Gasteiger partial charge in [-0.1, -0.05) is 13.3 Å². The fourth-order valence-electron chi connectivity index (χ4n) is 2.32. The van der Waals surface area contributed by atoms with Crippen LogP contribution in [0.4, 0.5) is 0 Å². The maximum Gasteiger partial charge on any atom is 0.242 e. The molecule has 0 aromatic carbocycles. The SMILES string of the molecule is CCCC(C)(N)C(=O)N1CCC(C)(C(N)=O)C1. The number of carbonyl (C=O) groups is 2. The van der Waals surface area contributed by atoms with Gasteiger partial charge >= 0.3 is 0 Å². The summed E-state index contributed by atoms with van der Waals surface area (Å²) >= 11 is 0. The summed E-state index contributed by atoms with van der Waals surface area (Å²) in [5.41, 5.74) is 9.93. The van der Waals surface area contributed by atoms with Gasteiger partial charge in [0, 0.05) is 13.1 Å². The Hall–Kier alpha value is -1.10. The third-order valence-corrected chi connectivity index (χ3v) is 3.61. The summed E-state index contributed by atoms with van der Waals surface area (Å²) in [5, 5.41) is 0. The highest BCUT2D eigenvalue weighted by Gasteiger charge is 2.43. The minimum Gasteiger partial charge on any atom is -0.369 e. The zero-order chi connectivity index (χ0) is 13.3. The van der Waals surface area contributed by atoms with E-state index in [-0.39, 0.29) is 11.8 Å². The van der Waals surface area contributed by atoms with Crippen molar-refractivity contribution >= 4 is 11.8 Å². The maximum atomic E-state index is 12.2. The number of nitrogens with two attached hydrogens (primary N) is 2. The first-order valence-corrected chi connectivity index (χ1v) is 6.11. The van der Waals surface area contributed by atoms with Crippen LogP contribution in [0.25, 0.3) is 0 Å². The highest BCUT2D eigenvalue weighted by Crippen LogP contribution is 2.31. The molecule has 2 amide bonds. The first-order valence-electron chi connectivity index (χ1n) is 6.11. The predicted octanol–water partition coefficient (Wildman–Crippen LogP) is 0.228. The summed E-state index contributed by atoms with van der Waals surface area (Å²) in [6.07, 6.45) is 2.13. The molecule has 98 valence electrons. The van der Waals surface area contributed by atoms with E-state index in [2.05, 4.69) is 0 Å². The zero-order valence-corrected chi connectivity index (χ0v) is 11.0. The molecular weight excluding hydrogens is 218 g/mol. The predicted molar refractivity (Wildman–Crippen MR) is 66.0 cm³/mol. The molecule has 0 bridgehead atoms. The number of hydrogen-bond acceptors (Lipinski definition) is 3. The van der Waals surface area contributed by atoms with Crippen molar-refractivity contribution in [2.45, 2.75) is 45.6 Å². The van der Waals surface area contributed by atoms with Gasteiger partial charge in [0.05, 0.1) is 11.0 Å². The lowest BCUT2D eigenvalue weighted by atomic mass is 9.89. The number of primary amides is 1. The number of hydrogen-bond donors (Lipinski definition) is 2. The fraction of sp³-hybridized carbons (Fsp3) is 0.833. The number of amides is 2. The summed E-state index contributed by atoms with van der Waals surface area (Å²) in [4.78, 5) is 25.2. The van der Waals surface area contributed by atoms with E-state index in [0.717, 1.165) is 6.42 Å². The average molecular weight is 241 g/mol. The summed E-state index contributed by atoms with van der Waals surface area (Å²) in [5.74, 6) is -0.425. The minimum atomic E-state index is -0.836. The van der Waals surface area contributed by atoms with Gasteiger partial charge in [-0.15, -0.1) is 0 Å². The Morgan fingerprint density at radius 1 is 1.47 bits per heavy atom. The van der Waals surface area contributed by atoms with Gasteiger partial charge in [0.2, 0.25) is 11.8 Å². The van der Waals surface area contributed by atoms with Crippen LogP contribution in [-0.2, 0) is 9.59 Å². The number of carbonyl (C=O) groups excluding carboxylic acids is 2. The van der Waals surface area contributed by atoms with Gasteiger partial charge in [-0.2, -0.15) is 0 Å². The van der Waals surface area contributed by atoms with E-state index < -0.39 is 11.0 Å². The quantitative estimate of drug-likeness (QED) is 0.738. The van der Waals surface area contributed by atoms with Crippen LogP contribution >= 0.6 is 0 Å². The lowest BCUT2D eigenvalue weighted by molar-refractivity contribution is -0.136. The second-order valence-corrected chi connectivity index (χ2v) is 5.57. The van der Waals surface area contributed by atoms with Crippen LogP contribution < -0.4 is 11.5 Å². The Morgan fingerprint density at radius 2 is 2.06 bits per heavy atom. The van der Waals surface area contributed by atoms with E-state index in [1.807, 2.05) is 6.92 Å². The topological polar surface area (TPSA) is 89.4 Å². The van der Waals surface area contributed by atoms with Gasteiger partial charge in [-0.25, -0.2) is 0 Å². The molecule has 0 aliphatic carbocycles. The summed E-state index contributed by atoms with van der Waals surface area (Å²) in [6, 6.07) is 0. The monoisotopic (exact) mass is 241 g/mol. The smallest absolute Gasteiger partial charge is 0.242 e. The van der Waals surface area contributed by atoms with Gasteiger partial charge in [0.15, 0.2) is 0 Å². The lowest BCUT2D eigenvalue weighted by Crippen LogP contribution is -2.53. The average Bonchev–Trinajstić information content (AvgIpc) is 2.61. The molecule has 0 aromatic rings. The second-order valence-electron chi connectivity index (χ2n) is 5.57. The summed E-state index contributed by atoms with van der Waals surface area (Å²) < 4.78 is 0. The zero-order valence-electron chi connectivity index (χ0n) is 11.0. The molecule has 2 unspecified atom stereocenters.